The van der Waals surface area contributed by atoms with Gasteiger partial charge in [0.05, 0.1) is 19.1 Å². The standard InChI is InChI=1S/C21H30N2O2.C2HF3O2/c24-21(23-10-4-5-11-23)14-20-19-9-13-22(15-18(19)16-25-20)12-8-17-6-2-1-3-7-17;3-2(4,5)1(6)7/h1-3,6-7,18-20H,4-5,8-16H2;(H,6,7)/t18-,19-,20-;/m1./s1. The average molecular weight is 457 g/mol. The molecule has 3 aliphatic rings. The predicted octanol–water partition coefficient (Wildman–Crippen LogP) is 3.21. The lowest BCUT2D eigenvalue weighted by Crippen LogP contribution is -2.43. The Bertz CT molecular complexity index is 753. The minimum absolute atomic E-state index is 0.161. The van der Waals surface area contributed by atoms with Crippen LogP contribution in [0.15, 0.2) is 30.3 Å². The van der Waals surface area contributed by atoms with E-state index >= 15 is 0 Å². The van der Waals surface area contributed by atoms with Crippen molar-refractivity contribution < 1.29 is 32.6 Å². The van der Waals surface area contributed by atoms with Gasteiger partial charge in [-0.25, -0.2) is 4.79 Å². The summed E-state index contributed by atoms with van der Waals surface area (Å²) in [6.45, 7) is 6.15. The van der Waals surface area contributed by atoms with Crippen LogP contribution in [0.3, 0.4) is 0 Å². The van der Waals surface area contributed by atoms with E-state index in [-0.39, 0.29) is 6.10 Å². The first kappa shape index (κ1) is 24.5. The Morgan fingerprint density at radius 1 is 1.09 bits per heavy atom. The van der Waals surface area contributed by atoms with Crippen LogP contribution in [0.4, 0.5) is 13.2 Å². The Balaban J connectivity index is 0.000000360. The van der Waals surface area contributed by atoms with Gasteiger partial charge in [0.2, 0.25) is 5.91 Å². The SMILES string of the molecule is O=C(C[C@H]1OC[C@H]2CN(CCc3ccccc3)CC[C@H]21)N1CCCC1.O=C(O)C(F)(F)F. The third kappa shape index (κ3) is 6.93. The molecule has 0 aromatic heterocycles. The molecule has 0 spiro atoms. The van der Waals surface area contributed by atoms with Crippen molar-refractivity contribution >= 4 is 11.9 Å². The van der Waals surface area contributed by atoms with Crippen molar-refractivity contribution in [1.29, 1.82) is 0 Å². The Morgan fingerprint density at radius 2 is 1.75 bits per heavy atom. The van der Waals surface area contributed by atoms with Gasteiger partial charge < -0.3 is 19.6 Å². The number of carboxylic acid groups (broad SMARTS) is 1. The van der Waals surface area contributed by atoms with Crippen LogP contribution in [0.1, 0.15) is 31.2 Å². The number of piperidine rings is 1. The molecule has 0 saturated carbocycles. The number of carbonyl (C=O) groups excluding carboxylic acids is 1. The number of amides is 1. The van der Waals surface area contributed by atoms with E-state index in [1.165, 1.54) is 24.8 Å². The highest BCUT2D eigenvalue weighted by Crippen LogP contribution is 2.36. The van der Waals surface area contributed by atoms with Gasteiger partial charge in [0.15, 0.2) is 0 Å². The highest BCUT2D eigenvalue weighted by Gasteiger charge is 2.42. The van der Waals surface area contributed by atoms with E-state index in [1.54, 1.807) is 0 Å². The molecule has 3 saturated heterocycles. The molecule has 9 heteroatoms. The van der Waals surface area contributed by atoms with Gasteiger partial charge in [-0.15, -0.1) is 0 Å². The summed E-state index contributed by atoms with van der Waals surface area (Å²) < 4.78 is 37.8. The topological polar surface area (TPSA) is 70.1 Å². The summed E-state index contributed by atoms with van der Waals surface area (Å²) >= 11 is 0. The summed E-state index contributed by atoms with van der Waals surface area (Å²) in [5.41, 5.74) is 1.42. The maximum absolute atomic E-state index is 12.4. The summed E-state index contributed by atoms with van der Waals surface area (Å²) in [5.74, 6) is -1.25. The molecule has 0 radical (unpaired) electrons. The molecule has 0 bridgehead atoms. The second-order valence-electron chi connectivity index (χ2n) is 8.72. The second-order valence-corrected chi connectivity index (χ2v) is 8.72. The maximum Gasteiger partial charge on any atom is 0.490 e. The number of likely N-dealkylation sites (tertiary alicyclic amines) is 2. The summed E-state index contributed by atoms with van der Waals surface area (Å²) in [4.78, 5) is 25.9. The number of fused-ring (bicyclic) bond motifs is 1. The molecule has 3 heterocycles. The van der Waals surface area contributed by atoms with E-state index in [1.807, 2.05) is 4.90 Å². The van der Waals surface area contributed by atoms with Crippen molar-refractivity contribution in [2.45, 2.75) is 44.4 Å². The molecule has 1 aromatic rings. The molecule has 178 valence electrons. The number of carbonyl (C=O) groups is 2. The molecule has 1 amide bonds. The lowest BCUT2D eigenvalue weighted by Gasteiger charge is -2.35. The quantitative estimate of drug-likeness (QED) is 0.737. The largest absolute Gasteiger partial charge is 0.490 e. The number of alkyl halides is 3. The molecule has 32 heavy (non-hydrogen) atoms. The monoisotopic (exact) mass is 456 g/mol. The summed E-state index contributed by atoms with van der Waals surface area (Å²) in [5, 5.41) is 7.12. The van der Waals surface area contributed by atoms with Crippen molar-refractivity contribution in [1.82, 2.24) is 9.80 Å². The third-order valence-corrected chi connectivity index (χ3v) is 6.52. The van der Waals surface area contributed by atoms with E-state index in [4.69, 9.17) is 14.6 Å². The van der Waals surface area contributed by atoms with Gasteiger partial charge in [-0.05, 0) is 43.7 Å². The second kappa shape index (κ2) is 11.1. The van der Waals surface area contributed by atoms with E-state index in [9.17, 15) is 18.0 Å². The number of nitrogens with zero attached hydrogens (tertiary/aromatic N) is 2. The van der Waals surface area contributed by atoms with Gasteiger partial charge in [0.1, 0.15) is 0 Å². The molecule has 0 unspecified atom stereocenters. The Morgan fingerprint density at radius 3 is 2.38 bits per heavy atom. The van der Waals surface area contributed by atoms with Crippen LogP contribution >= 0.6 is 0 Å². The normalized spacial score (nSPS) is 25.7. The number of hydrogen-bond donors (Lipinski definition) is 1. The number of hydrogen-bond acceptors (Lipinski definition) is 4. The molecule has 1 aromatic carbocycles. The lowest BCUT2D eigenvalue weighted by molar-refractivity contribution is -0.192. The zero-order valence-electron chi connectivity index (χ0n) is 18.1. The number of rotatable bonds is 5. The van der Waals surface area contributed by atoms with Gasteiger partial charge in [-0.1, -0.05) is 30.3 Å². The first-order valence-electron chi connectivity index (χ1n) is 11.2. The van der Waals surface area contributed by atoms with Crippen LogP contribution in [0.25, 0.3) is 0 Å². The van der Waals surface area contributed by atoms with Gasteiger partial charge in [0.25, 0.3) is 0 Å². The lowest BCUT2D eigenvalue weighted by atomic mass is 9.83. The van der Waals surface area contributed by atoms with Crippen LogP contribution < -0.4 is 0 Å². The molecule has 0 aliphatic carbocycles. The Labute approximate surface area is 186 Å². The summed E-state index contributed by atoms with van der Waals surface area (Å²) in [6.07, 6.45) is 0.312. The van der Waals surface area contributed by atoms with Crippen molar-refractivity contribution in [2.24, 2.45) is 11.8 Å². The van der Waals surface area contributed by atoms with Crippen molar-refractivity contribution in [3.05, 3.63) is 35.9 Å². The molecule has 3 atom stereocenters. The van der Waals surface area contributed by atoms with Crippen molar-refractivity contribution in [3.63, 3.8) is 0 Å². The third-order valence-electron chi connectivity index (χ3n) is 6.52. The number of carboxylic acids is 1. The molecular formula is C23H31F3N2O4. The van der Waals surface area contributed by atoms with Crippen LogP contribution in [0.5, 0.6) is 0 Å². The fourth-order valence-corrected chi connectivity index (χ4v) is 4.78. The summed E-state index contributed by atoms with van der Waals surface area (Å²) in [7, 11) is 0. The minimum atomic E-state index is -5.08. The summed E-state index contributed by atoms with van der Waals surface area (Å²) in [6, 6.07) is 10.7. The molecule has 4 rings (SSSR count). The van der Waals surface area contributed by atoms with E-state index in [0.29, 0.717) is 24.2 Å². The van der Waals surface area contributed by atoms with Crippen LogP contribution in [-0.2, 0) is 20.7 Å². The van der Waals surface area contributed by atoms with E-state index in [2.05, 4.69) is 35.2 Å². The minimum Gasteiger partial charge on any atom is -0.475 e. The number of halogens is 3. The predicted molar refractivity (Wildman–Crippen MR) is 112 cm³/mol. The first-order chi connectivity index (χ1) is 15.2. The number of ether oxygens (including phenoxy) is 1. The van der Waals surface area contributed by atoms with Crippen molar-refractivity contribution in [2.75, 3.05) is 39.3 Å². The van der Waals surface area contributed by atoms with Crippen molar-refractivity contribution in [3.8, 4) is 0 Å². The smallest absolute Gasteiger partial charge is 0.475 e. The fraction of sp³-hybridized carbons (Fsp3) is 0.652. The highest BCUT2D eigenvalue weighted by atomic mass is 19.4. The molecule has 6 nitrogen and oxygen atoms in total. The zero-order chi connectivity index (χ0) is 23.1. The van der Waals surface area contributed by atoms with Crippen LogP contribution in [-0.4, -0.2) is 78.4 Å². The van der Waals surface area contributed by atoms with E-state index in [0.717, 1.165) is 45.8 Å². The van der Waals surface area contributed by atoms with Gasteiger partial charge >= 0.3 is 12.1 Å². The van der Waals surface area contributed by atoms with Crippen LogP contribution in [0.2, 0.25) is 0 Å². The van der Waals surface area contributed by atoms with Gasteiger partial charge in [-0.2, -0.15) is 13.2 Å². The Kier molecular flexibility index (Phi) is 8.53. The molecule has 3 fully saturated rings. The number of benzene rings is 1. The van der Waals surface area contributed by atoms with E-state index < -0.39 is 12.1 Å². The van der Waals surface area contributed by atoms with Gasteiger partial charge in [0, 0.05) is 32.1 Å². The molecule has 1 N–H and O–H groups in total. The fourth-order valence-electron chi connectivity index (χ4n) is 4.78. The van der Waals surface area contributed by atoms with Crippen LogP contribution in [0, 0.1) is 11.8 Å². The zero-order valence-corrected chi connectivity index (χ0v) is 18.1. The molecular weight excluding hydrogens is 425 g/mol. The highest BCUT2D eigenvalue weighted by molar-refractivity contribution is 5.77. The maximum atomic E-state index is 12.4. The Hall–Kier alpha value is -2.13. The molecule has 3 aliphatic heterocycles. The average Bonchev–Trinajstić information content (AvgIpc) is 3.43. The first-order valence-corrected chi connectivity index (χ1v) is 11.2. The van der Waals surface area contributed by atoms with Gasteiger partial charge in [-0.3, -0.25) is 4.79 Å². The number of aliphatic carboxylic acids is 1.